The van der Waals surface area contributed by atoms with Gasteiger partial charge in [-0.15, -0.1) is 0 Å². The predicted molar refractivity (Wildman–Crippen MR) is 58.5 cm³/mol. The van der Waals surface area contributed by atoms with Crippen molar-refractivity contribution in [2.24, 2.45) is 0 Å². The Kier molecular flexibility index (Phi) is 4.45. The Morgan fingerprint density at radius 3 is 2.88 bits per heavy atom. The molecule has 0 radical (unpaired) electrons. The van der Waals surface area contributed by atoms with Crippen molar-refractivity contribution in [3.05, 3.63) is 35.9 Å². The van der Waals surface area contributed by atoms with Crippen molar-refractivity contribution in [2.45, 2.75) is 12.6 Å². The summed E-state index contributed by atoms with van der Waals surface area (Å²) in [5, 5.41) is 3.28. The Labute approximate surface area is 111 Å². The van der Waals surface area contributed by atoms with Crippen LogP contribution in [0.1, 0.15) is 5.56 Å². The SMILES string of the molecule is O=C([At])C1CNCCN1Cc1ccccc1. The molecule has 86 valence electrons. The van der Waals surface area contributed by atoms with Gasteiger partial charge in [0, 0.05) is 0 Å². The predicted octanol–water partition coefficient (Wildman–Crippen LogP) is 0.536. The maximum atomic E-state index is 11.5. The molecule has 0 amide bonds. The standard InChI is InChI=1S/C12H15AtN2O/c13-12(16)11-8-14-6-7-15(11)9-10-4-2-1-3-5-10/h1-5,11,14H,6-9H2. The fraction of sp³-hybridized carbons (Fsp3) is 0.417. The Hall–Kier alpha value is -0.307. The number of nitrogens with one attached hydrogen (secondary N) is 1. The van der Waals surface area contributed by atoms with E-state index in [4.69, 9.17) is 0 Å². The van der Waals surface area contributed by atoms with Crippen molar-refractivity contribution in [3.63, 3.8) is 0 Å². The normalized spacial score (nSPS) is 21.9. The minimum atomic E-state index is 0.0608. The first-order valence-corrected chi connectivity index (χ1v) is 6.92. The Morgan fingerprint density at radius 2 is 2.19 bits per heavy atom. The Balaban J connectivity index is 2.04. The third-order valence-corrected chi connectivity index (χ3v) is 3.82. The molecule has 1 aromatic rings. The molecule has 0 bridgehead atoms. The van der Waals surface area contributed by atoms with E-state index in [2.05, 4.69) is 22.3 Å². The molecule has 1 aromatic carbocycles. The summed E-state index contributed by atoms with van der Waals surface area (Å²) >= 11 is 1.26. The summed E-state index contributed by atoms with van der Waals surface area (Å²) in [4.78, 5) is 13.8. The van der Waals surface area contributed by atoms with Gasteiger partial charge in [-0.25, -0.2) is 0 Å². The molecule has 2 rings (SSSR count). The fourth-order valence-electron chi connectivity index (χ4n) is 1.98. The van der Waals surface area contributed by atoms with Gasteiger partial charge < -0.3 is 0 Å². The van der Waals surface area contributed by atoms with E-state index in [0.29, 0.717) is 3.49 Å². The number of piperazine rings is 1. The summed E-state index contributed by atoms with van der Waals surface area (Å²) in [5.74, 6) is 0. The zero-order valence-corrected chi connectivity index (χ0v) is 12.0. The zero-order chi connectivity index (χ0) is 11.4. The van der Waals surface area contributed by atoms with Crippen LogP contribution in [0.5, 0.6) is 0 Å². The number of hydrogen-bond acceptors (Lipinski definition) is 3. The molecule has 0 aromatic heterocycles. The molecule has 0 spiro atoms. The molecule has 1 heterocycles. The van der Waals surface area contributed by atoms with Crippen LogP contribution in [0.3, 0.4) is 0 Å². The van der Waals surface area contributed by atoms with Crippen LogP contribution in [0.25, 0.3) is 0 Å². The van der Waals surface area contributed by atoms with Crippen molar-refractivity contribution < 1.29 is 29.5 Å². The van der Waals surface area contributed by atoms with Gasteiger partial charge in [0.15, 0.2) is 0 Å². The average Bonchev–Trinajstić information content (AvgIpc) is 2.31. The topological polar surface area (TPSA) is 32.3 Å². The van der Waals surface area contributed by atoms with Gasteiger partial charge in [-0.05, 0) is 0 Å². The third kappa shape index (κ3) is 3.10. The molecule has 1 N–H and O–H groups in total. The van der Waals surface area contributed by atoms with Crippen LogP contribution in [-0.4, -0.2) is 34.1 Å². The fourth-order valence-corrected chi connectivity index (χ4v) is 2.81. The molecule has 1 aliphatic rings. The minimum absolute atomic E-state index is 0.0608. The van der Waals surface area contributed by atoms with Crippen molar-refractivity contribution >= 4 is 3.49 Å². The molecule has 1 aliphatic heterocycles. The molecule has 1 atom stereocenters. The first kappa shape index (κ1) is 12.2. The van der Waals surface area contributed by atoms with E-state index in [1.54, 1.807) is 0 Å². The Morgan fingerprint density at radius 1 is 1.44 bits per heavy atom. The van der Waals surface area contributed by atoms with Crippen LogP contribution >= 0.6 is 0 Å². The second kappa shape index (κ2) is 5.85. The van der Waals surface area contributed by atoms with Gasteiger partial charge >= 0.3 is 111 Å². The van der Waals surface area contributed by atoms with Crippen molar-refractivity contribution in [1.82, 2.24) is 10.2 Å². The molecular weight excluding hydrogens is 398 g/mol. The monoisotopic (exact) mass is 413 g/mol. The van der Waals surface area contributed by atoms with Crippen molar-refractivity contribution in [3.8, 4) is 0 Å². The summed E-state index contributed by atoms with van der Waals surface area (Å²) < 4.78 is 0.308. The van der Waals surface area contributed by atoms with Gasteiger partial charge in [0.05, 0.1) is 0 Å². The summed E-state index contributed by atoms with van der Waals surface area (Å²) in [7, 11) is 0. The van der Waals surface area contributed by atoms with Gasteiger partial charge in [0.1, 0.15) is 0 Å². The Bertz CT molecular complexity index is 355. The first-order valence-electron chi connectivity index (χ1n) is 5.45. The van der Waals surface area contributed by atoms with Crippen LogP contribution in [0.4, 0.5) is 0 Å². The second-order valence-corrected chi connectivity index (χ2v) is 5.43. The number of benzene rings is 1. The number of hydrogen-bond donors (Lipinski definition) is 1. The molecular formula is C12H15AtN2O. The molecule has 4 heteroatoms. The summed E-state index contributed by atoms with van der Waals surface area (Å²) in [5.41, 5.74) is 1.28. The number of carbonyl (C=O) groups excluding carboxylic acids is 1. The van der Waals surface area contributed by atoms with Gasteiger partial charge in [-0.1, -0.05) is 0 Å². The van der Waals surface area contributed by atoms with Crippen LogP contribution in [0.2, 0.25) is 0 Å². The van der Waals surface area contributed by atoms with Crippen LogP contribution in [0.15, 0.2) is 30.3 Å². The molecule has 16 heavy (non-hydrogen) atoms. The third-order valence-electron chi connectivity index (χ3n) is 2.84. The van der Waals surface area contributed by atoms with Crippen molar-refractivity contribution in [2.75, 3.05) is 19.6 Å². The number of nitrogens with zero attached hydrogens (tertiary/aromatic N) is 1. The van der Waals surface area contributed by atoms with E-state index in [0.717, 1.165) is 26.2 Å². The zero-order valence-electron chi connectivity index (χ0n) is 9.03. The molecule has 1 fully saturated rings. The molecule has 0 saturated carbocycles. The first-order chi connectivity index (χ1) is 7.77. The molecule has 3 nitrogen and oxygen atoms in total. The van der Waals surface area contributed by atoms with E-state index in [1.165, 1.54) is 30.3 Å². The van der Waals surface area contributed by atoms with Crippen LogP contribution in [0, 0.1) is 24.7 Å². The maximum absolute atomic E-state index is 11.5. The van der Waals surface area contributed by atoms with E-state index < -0.39 is 0 Å². The molecule has 1 saturated heterocycles. The van der Waals surface area contributed by atoms with E-state index >= 15 is 0 Å². The summed E-state index contributed by atoms with van der Waals surface area (Å²) in [6.07, 6.45) is 0. The van der Waals surface area contributed by atoms with E-state index in [9.17, 15) is 4.79 Å². The second-order valence-electron chi connectivity index (χ2n) is 3.98. The summed E-state index contributed by atoms with van der Waals surface area (Å²) in [6, 6.07) is 10.4. The quantitative estimate of drug-likeness (QED) is 0.786. The van der Waals surface area contributed by atoms with Gasteiger partial charge in [0.2, 0.25) is 0 Å². The van der Waals surface area contributed by atoms with Gasteiger partial charge in [-0.3, -0.25) is 0 Å². The van der Waals surface area contributed by atoms with E-state index in [1.807, 2.05) is 18.2 Å². The van der Waals surface area contributed by atoms with Crippen molar-refractivity contribution in [1.29, 1.82) is 0 Å². The molecule has 1 unspecified atom stereocenters. The molecule has 0 aliphatic carbocycles. The van der Waals surface area contributed by atoms with E-state index in [-0.39, 0.29) is 6.04 Å². The van der Waals surface area contributed by atoms with Gasteiger partial charge in [0.25, 0.3) is 0 Å². The van der Waals surface area contributed by atoms with Gasteiger partial charge in [-0.2, -0.15) is 0 Å². The van der Waals surface area contributed by atoms with Crippen LogP contribution in [-0.2, 0) is 11.3 Å². The number of rotatable bonds is 3. The summed E-state index contributed by atoms with van der Waals surface area (Å²) in [6.45, 7) is 3.60. The van der Waals surface area contributed by atoms with Crippen LogP contribution < -0.4 is 5.32 Å². The number of carbonyl (C=O) groups is 1. The average molecular weight is 413 g/mol.